The first-order valence-corrected chi connectivity index (χ1v) is 23.3. The molecule has 0 radical (unpaired) electrons. The second-order valence-electron chi connectivity index (χ2n) is 15.9. The molecule has 10 nitrogen and oxygen atoms in total. The Morgan fingerprint density at radius 1 is 0.571 bits per heavy atom. The third-order valence-electron chi connectivity index (χ3n) is 11.4. The van der Waals surface area contributed by atoms with E-state index in [1.807, 2.05) is 97.1 Å². The Morgan fingerprint density at radius 2 is 1.19 bits per heavy atom. The van der Waals surface area contributed by atoms with Crippen LogP contribution in [0.2, 0.25) is 0 Å². The van der Waals surface area contributed by atoms with Crippen molar-refractivity contribution in [1.29, 1.82) is 0 Å². The summed E-state index contributed by atoms with van der Waals surface area (Å²) in [5.41, 5.74) is 10.2. The summed E-state index contributed by atoms with van der Waals surface area (Å²) < 4.78 is 69.8. The fourth-order valence-corrected chi connectivity index (χ4v) is 9.51. The Hall–Kier alpha value is -5.21. The molecule has 63 heavy (non-hydrogen) atoms. The molecule has 1 aliphatic rings. The van der Waals surface area contributed by atoms with E-state index in [1.54, 1.807) is 36.5 Å². The van der Waals surface area contributed by atoms with Crippen molar-refractivity contribution in [2.75, 3.05) is 26.4 Å². The van der Waals surface area contributed by atoms with Crippen molar-refractivity contribution < 1.29 is 36.8 Å². The van der Waals surface area contributed by atoms with Crippen LogP contribution < -0.4 is 5.73 Å². The molecule has 1 saturated heterocycles. The van der Waals surface area contributed by atoms with Crippen LogP contribution in [0.25, 0.3) is 21.7 Å². The maximum Gasteiger partial charge on any atom is 0.268 e. The van der Waals surface area contributed by atoms with Crippen LogP contribution in [-0.2, 0) is 64.7 Å². The Morgan fingerprint density at radius 3 is 1.92 bits per heavy atom. The van der Waals surface area contributed by atoms with Gasteiger partial charge in [-0.3, -0.25) is 0 Å². The molecule has 2 heterocycles. The summed E-state index contributed by atoms with van der Waals surface area (Å²) in [5, 5.41) is 3.09. The van der Waals surface area contributed by atoms with E-state index in [9.17, 15) is 8.42 Å². The highest BCUT2D eigenvalue weighted by Crippen LogP contribution is 2.33. The normalized spacial score (nSPS) is 19.2. The summed E-state index contributed by atoms with van der Waals surface area (Å²) in [6.07, 6.45) is 1.44. The van der Waals surface area contributed by atoms with Gasteiger partial charge in [-0.25, -0.2) is 12.4 Å². The van der Waals surface area contributed by atoms with E-state index in [4.69, 9.17) is 34.2 Å². The second-order valence-corrected chi connectivity index (χ2v) is 17.7. The van der Waals surface area contributed by atoms with Gasteiger partial charge in [0.05, 0.1) is 43.4 Å². The van der Waals surface area contributed by atoms with Gasteiger partial charge in [-0.15, -0.1) is 0 Å². The molecule has 0 saturated carbocycles. The first kappa shape index (κ1) is 44.4. The Bertz CT molecular complexity index is 2590. The lowest BCUT2D eigenvalue weighted by Gasteiger charge is -2.46. The molecule has 2 N–H and O–H groups in total. The van der Waals surface area contributed by atoms with Crippen molar-refractivity contribution >= 4 is 31.7 Å². The zero-order chi connectivity index (χ0) is 43.3. The maximum absolute atomic E-state index is 13.9. The average Bonchev–Trinajstić information content (AvgIpc) is 3.71. The molecule has 6 aromatic carbocycles. The molecule has 1 aromatic heterocycles. The number of para-hydroxylation sites is 1. The standard InChI is InChI=1S/C52H56N2O8S/c53-30-15-4-16-31-57-38-48-49(59-35-39-17-5-1-6-18-39)50(60-36-40-19-7-2-8-20-40)51(61-37-41-27-28-42-21-11-12-22-43(42)33-41)52(62-48)58-32-29-44-34-54(47-26-14-13-25-46(44)47)63(55,56)45-23-9-3-10-24-45/h1-3,5-14,17-28,33-34,48-52H,4,15-16,29-32,35-38,53H2/t48-,49-,50+,51-,52-/m1/s1. The van der Waals surface area contributed by atoms with Crippen molar-refractivity contribution in [2.24, 2.45) is 5.73 Å². The largest absolute Gasteiger partial charge is 0.379 e. The van der Waals surface area contributed by atoms with E-state index in [1.165, 1.54) is 3.97 Å². The van der Waals surface area contributed by atoms with Crippen LogP contribution in [0.3, 0.4) is 0 Å². The minimum atomic E-state index is -3.86. The van der Waals surface area contributed by atoms with Crippen molar-refractivity contribution in [3.05, 3.63) is 186 Å². The van der Waals surface area contributed by atoms with Gasteiger partial charge < -0.3 is 34.2 Å². The molecule has 11 heteroatoms. The predicted octanol–water partition coefficient (Wildman–Crippen LogP) is 9.22. The van der Waals surface area contributed by atoms with Crippen LogP contribution in [-0.4, -0.2) is 69.5 Å². The van der Waals surface area contributed by atoms with Gasteiger partial charge in [0, 0.05) is 18.2 Å². The Labute approximate surface area is 370 Å². The monoisotopic (exact) mass is 868 g/mol. The lowest BCUT2D eigenvalue weighted by atomic mass is 9.97. The molecule has 0 aliphatic carbocycles. The van der Waals surface area contributed by atoms with E-state index in [-0.39, 0.29) is 24.7 Å². The first-order chi connectivity index (χ1) is 31.0. The van der Waals surface area contributed by atoms with Crippen LogP contribution in [0.1, 0.15) is 41.5 Å². The van der Waals surface area contributed by atoms with E-state index >= 15 is 0 Å². The average molecular weight is 869 g/mol. The molecule has 5 atom stereocenters. The van der Waals surface area contributed by atoms with Crippen molar-refractivity contribution in [2.45, 2.75) is 81.1 Å². The Kier molecular flexibility index (Phi) is 15.5. The van der Waals surface area contributed by atoms with Crippen molar-refractivity contribution in [3.8, 4) is 0 Å². The number of nitrogens with two attached hydrogens (primary N) is 1. The number of hydrogen-bond donors (Lipinski definition) is 1. The molecule has 0 spiro atoms. The number of ether oxygens (including phenoxy) is 6. The van der Waals surface area contributed by atoms with Gasteiger partial charge in [0.15, 0.2) is 6.29 Å². The first-order valence-electron chi connectivity index (χ1n) is 21.8. The number of aromatic nitrogens is 1. The fourth-order valence-electron chi connectivity index (χ4n) is 8.10. The lowest BCUT2D eigenvalue weighted by Crippen LogP contribution is -2.61. The number of benzene rings is 6. The molecule has 1 aliphatic heterocycles. The summed E-state index contributed by atoms with van der Waals surface area (Å²) in [6.45, 7) is 2.54. The molecule has 0 amide bonds. The predicted molar refractivity (Wildman–Crippen MR) is 246 cm³/mol. The van der Waals surface area contributed by atoms with Crippen LogP contribution in [0.15, 0.2) is 169 Å². The highest BCUT2D eigenvalue weighted by atomic mass is 32.2. The molecular formula is C52H56N2O8S. The van der Waals surface area contributed by atoms with Crippen LogP contribution >= 0.6 is 0 Å². The van der Waals surface area contributed by atoms with Gasteiger partial charge in [-0.05, 0) is 89.5 Å². The summed E-state index contributed by atoms with van der Waals surface area (Å²) >= 11 is 0. The van der Waals surface area contributed by atoms with Gasteiger partial charge in [0.1, 0.15) is 24.4 Å². The third-order valence-corrected chi connectivity index (χ3v) is 13.1. The van der Waals surface area contributed by atoms with Crippen LogP contribution in [0, 0.1) is 0 Å². The number of unbranched alkanes of at least 4 members (excludes halogenated alkanes) is 2. The fraction of sp³-hybridized carbons (Fsp3) is 0.308. The SMILES string of the molecule is NCCCCCOC[C@H]1O[C@@H](OCCc2cn(S(=O)(=O)c3ccccc3)c3ccccc23)[C@H](OCc2ccc3ccccc3c2)[C@@H](OCc2ccccc2)[C@@H]1OCc1ccccc1. The minimum Gasteiger partial charge on any atom is -0.379 e. The number of fused-ring (bicyclic) bond motifs is 2. The van der Waals surface area contributed by atoms with E-state index in [2.05, 4.69) is 30.3 Å². The van der Waals surface area contributed by atoms with E-state index in [0.29, 0.717) is 38.3 Å². The molecule has 7 aromatic rings. The van der Waals surface area contributed by atoms with Crippen LogP contribution in [0.5, 0.6) is 0 Å². The quantitative estimate of drug-likeness (QED) is 0.0665. The smallest absolute Gasteiger partial charge is 0.268 e. The molecule has 0 bridgehead atoms. The summed E-state index contributed by atoms with van der Waals surface area (Å²) in [5.74, 6) is 0. The van der Waals surface area contributed by atoms with Crippen molar-refractivity contribution in [3.63, 3.8) is 0 Å². The molecular weight excluding hydrogens is 813 g/mol. The highest BCUT2D eigenvalue weighted by Gasteiger charge is 2.49. The van der Waals surface area contributed by atoms with Gasteiger partial charge in [-0.1, -0.05) is 133 Å². The molecule has 0 unspecified atom stereocenters. The number of rotatable bonds is 22. The van der Waals surface area contributed by atoms with Gasteiger partial charge in [-0.2, -0.15) is 0 Å². The lowest BCUT2D eigenvalue weighted by molar-refractivity contribution is -0.328. The Balaban J connectivity index is 1.10. The molecule has 328 valence electrons. The zero-order valence-corrected chi connectivity index (χ0v) is 36.3. The topological polar surface area (TPSA) is 120 Å². The van der Waals surface area contributed by atoms with E-state index < -0.39 is 40.7 Å². The molecule has 8 rings (SSSR count). The van der Waals surface area contributed by atoms with Gasteiger partial charge in [0.2, 0.25) is 0 Å². The van der Waals surface area contributed by atoms with Gasteiger partial charge in [0.25, 0.3) is 10.0 Å². The minimum absolute atomic E-state index is 0.202. The number of hydrogen-bond acceptors (Lipinski definition) is 9. The number of nitrogens with zero attached hydrogens (tertiary/aromatic N) is 1. The maximum atomic E-state index is 13.9. The zero-order valence-electron chi connectivity index (χ0n) is 35.5. The second kappa shape index (κ2) is 21.9. The summed E-state index contributed by atoms with van der Waals surface area (Å²) in [6, 6.07) is 50.7. The third kappa shape index (κ3) is 11.3. The highest BCUT2D eigenvalue weighted by molar-refractivity contribution is 7.90. The van der Waals surface area contributed by atoms with Gasteiger partial charge >= 0.3 is 0 Å². The van der Waals surface area contributed by atoms with Crippen molar-refractivity contribution in [1.82, 2.24) is 3.97 Å². The van der Waals surface area contributed by atoms with E-state index in [0.717, 1.165) is 57.7 Å². The molecule has 1 fully saturated rings. The summed E-state index contributed by atoms with van der Waals surface area (Å²) in [7, 11) is -3.86. The summed E-state index contributed by atoms with van der Waals surface area (Å²) in [4.78, 5) is 0.216. The van der Waals surface area contributed by atoms with Crippen LogP contribution in [0.4, 0.5) is 0 Å².